The van der Waals surface area contributed by atoms with E-state index in [2.05, 4.69) is 41.1 Å². The first-order valence-electron chi connectivity index (χ1n) is 10.3. The smallest absolute Gasteiger partial charge is 0.233 e. The quantitative estimate of drug-likeness (QED) is 0.466. The van der Waals surface area contributed by atoms with Crippen molar-refractivity contribution < 1.29 is 9.18 Å². The molecule has 31 heavy (non-hydrogen) atoms. The molecule has 3 aromatic rings. The van der Waals surface area contributed by atoms with Gasteiger partial charge in [-0.1, -0.05) is 23.9 Å². The van der Waals surface area contributed by atoms with E-state index in [9.17, 15) is 9.18 Å². The van der Waals surface area contributed by atoms with Gasteiger partial charge in [0.1, 0.15) is 5.82 Å². The molecule has 2 aromatic carbocycles. The third-order valence-electron chi connectivity index (χ3n) is 5.17. The van der Waals surface area contributed by atoms with Crippen LogP contribution in [0, 0.1) is 5.82 Å². The maximum atomic E-state index is 13.0. The maximum absolute atomic E-state index is 13.0. The molecule has 6 nitrogen and oxygen atoms in total. The second-order valence-corrected chi connectivity index (χ2v) is 8.19. The van der Waals surface area contributed by atoms with E-state index >= 15 is 0 Å². The van der Waals surface area contributed by atoms with Crippen LogP contribution in [0.25, 0.3) is 11.4 Å². The minimum absolute atomic E-state index is 0.0255. The van der Waals surface area contributed by atoms with Crippen LogP contribution in [-0.4, -0.2) is 51.5 Å². The fraction of sp³-hybridized carbons (Fsp3) is 0.348. The molecular weight excluding hydrogens is 413 g/mol. The van der Waals surface area contributed by atoms with E-state index in [0.717, 1.165) is 30.0 Å². The Bertz CT molecular complexity index is 1000. The van der Waals surface area contributed by atoms with Crippen molar-refractivity contribution in [3.63, 3.8) is 0 Å². The number of carbonyl (C=O) groups is 1. The molecule has 0 aliphatic carbocycles. The summed E-state index contributed by atoms with van der Waals surface area (Å²) in [5, 5.41) is 9.26. The lowest BCUT2D eigenvalue weighted by atomic mass is 10.2. The summed E-state index contributed by atoms with van der Waals surface area (Å²) >= 11 is 1.36. The molecular formula is C23H28FN5OS. The summed E-state index contributed by atoms with van der Waals surface area (Å²) in [6.45, 7) is 6.64. The number of amides is 1. The predicted molar refractivity (Wildman–Crippen MR) is 124 cm³/mol. The van der Waals surface area contributed by atoms with Crippen molar-refractivity contribution in [2.75, 3.05) is 30.8 Å². The molecule has 0 radical (unpaired) electrons. The Labute approximate surface area is 187 Å². The van der Waals surface area contributed by atoms with Crippen molar-refractivity contribution in [3.8, 4) is 11.4 Å². The second-order valence-electron chi connectivity index (χ2n) is 7.25. The van der Waals surface area contributed by atoms with E-state index in [1.165, 1.54) is 29.6 Å². The van der Waals surface area contributed by atoms with Crippen LogP contribution >= 0.6 is 11.8 Å². The van der Waals surface area contributed by atoms with Crippen molar-refractivity contribution in [1.82, 2.24) is 19.7 Å². The van der Waals surface area contributed by atoms with Gasteiger partial charge < -0.3 is 14.4 Å². The number of halogens is 1. The van der Waals surface area contributed by atoms with E-state index in [0.29, 0.717) is 11.7 Å². The Morgan fingerprint density at radius 1 is 1.03 bits per heavy atom. The van der Waals surface area contributed by atoms with Crippen LogP contribution < -0.4 is 4.90 Å². The normalized spacial score (nSPS) is 10.9. The van der Waals surface area contributed by atoms with Gasteiger partial charge in [0, 0.05) is 45.0 Å². The first-order valence-corrected chi connectivity index (χ1v) is 11.3. The van der Waals surface area contributed by atoms with Gasteiger partial charge in [-0.15, -0.1) is 10.2 Å². The highest BCUT2D eigenvalue weighted by atomic mass is 32.2. The van der Waals surface area contributed by atoms with Crippen molar-refractivity contribution in [1.29, 1.82) is 0 Å². The Kier molecular flexibility index (Phi) is 7.68. The molecule has 3 rings (SSSR count). The average molecular weight is 442 g/mol. The summed E-state index contributed by atoms with van der Waals surface area (Å²) in [4.78, 5) is 16.4. The van der Waals surface area contributed by atoms with Crippen molar-refractivity contribution in [2.45, 2.75) is 25.5 Å². The highest BCUT2D eigenvalue weighted by molar-refractivity contribution is 7.99. The van der Waals surface area contributed by atoms with Crippen LogP contribution in [0.4, 0.5) is 10.1 Å². The molecule has 0 bridgehead atoms. The standard InChI is InChI=1S/C23H28FN5OS/c1-5-29(6-2)20-13-9-18(10-14-20)22-25-26-23(28(22)4)31-16-21(30)27(3)15-17-7-11-19(24)12-8-17/h7-14H,5-6,15-16H2,1-4H3. The van der Waals surface area contributed by atoms with Crippen molar-refractivity contribution in [2.24, 2.45) is 7.05 Å². The highest BCUT2D eigenvalue weighted by Gasteiger charge is 2.15. The zero-order valence-corrected chi connectivity index (χ0v) is 19.2. The number of hydrogen-bond acceptors (Lipinski definition) is 5. The van der Waals surface area contributed by atoms with E-state index in [1.54, 1.807) is 24.1 Å². The number of hydrogen-bond donors (Lipinski definition) is 0. The maximum Gasteiger partial charge on any atom is 0.233 e. The van der Waals surface area contributed by atoms with Crippen LogP contribution in [0.3, 0.4) is 0 Å². The summed E-state index contributed by atoms with van der Waals surface area (Å²) in [5.74, 6) is 0.710. The molecule has 1 amide bonds. The summed E-state index contributed by atoms with van der Waals surface area (Å²) in [5.41, 5.74) is 3.05. The van der Waals surface area contributed by atoms with Gasteiger partial charge in [0.25, 0.3) is 0 Å². The van der Waals surface area contributed by atoms with Gasteiger partial charge in [-0.05, 0) is 55.8 Å². The lowest BCUT2D eigenvalue weighted by Crippen LogP contribution is -2.27. The van der Waals surface area contributed by atoms with Crippen LogP contribution in [0.2, 0.25) is 0 Å². The van der Waals surface area contributed by atoms with Crippen LogP contribution in [0.1, 0.15) is 19.4 Å². The summed E-state index contributed by atoms with van der Waals surface area (Å²) in [6, 6.07) is 14.5. The predicted octanol–water partition coefficient (Wildman–Crippen LogP) is 4.22. The largest absolute Gasteiger partial charge is 0.372 e. The summed E-state index contributed by atoms with van der Waals surface area (Å²) in [6.07, 6.45) is 0. The zero-order valence-electron chi connectivity index (χ0n) is 18.4. The van der Waals surface area contributed by atoms with Gasteiger partial charge in [-0.2, -0.15) is 0 Å². The lowest BCUT2D eigenvalue weighted by Gasteiger charge is -2.21. The first-order chi connectivity index (χ1) is 14.9. The molecule has 1 aromatic heterocycles. The van der Waals surface area contributed by atoms with E-state index in [-0.39, 0.29) is 17.5 Å². The lowest BCUT2D eigenvalue weighted by molar-refractivity contribution is -0.127. The van der Waals surface area contributed by atoms with Gasteiger partial charge in [0.05, 0.1) is 5.75 Å². The Morgan fingerprint density at radius 2 is 1.68 bits per heavy atom. The fourth-order valence-electron chi connectivity index (χ4n) is 3.29. The monoisotopic (exact) mass is 441 g/mol. The van der Waals surface area contributed by atoms with Crippen LogP contribution in [-0.2, 0) is 18.4 Å². The minimum atomic E-state index is -0.283. The molecule has 1 heterocycles. The number of anilines is 1. The molecule has 0 aliphatic heterocycles. The number of carbonyl (C=O) groups excluding carboxylic acids is 1. The number of benzene rings is 2. The Hall–Kier alpha value is -2.87. The molecule has 0 saturated carbocycles. The minimum Gasteiger partial charge on any atom is -0.372 e. The molecule has 0 saturated heterocycles. The SMILES string of the molecule is CCN(CC)c1ccc(-c2nnc(SCC(=O)N(C)Cc3ccc(F)cc3)n2C)cc1. The third-order valence-corrected chi connectivity index (χ3v) is 6.18. The first kappa shape index (κ1) is 22.8. The summed E-state index contributed by atoms with van der Waals surface area (Å²) < 4.78 is 14.9. The summed E-state index contributed by atoms with van der Waals surface area (Å²) in [7, 11) is 3.65. The molecule has 0 atom stereocenters. The van der Waals surface area contributed by atoms with Gasteiger partial charge in [-0.25, -0.2) is 4.39 Å². The van der Waals surface area contributed by atoms with Gasteiger partial charge in [-0.3, -0.25) is 4.79 Å². The molecule has 0 aliphatic rings. The number of thioether (sulfide) groups is 1. The topological polar surface area (TPSA) is 54.3 Å². The Morgan fingerprint density at radius 3 is 2.29 bits per heavy atom. The van der Waals surface area contributed by atoms with E-state index in [4.69, 9.17) is 0 Å². The highest BCUT2D eigenvalue weighted by Crippen LogP contribution is 2.25. The molecule has 0 unspecified atom stereocenters. The molecule has 8 heteroatoms. The van der Waals surface area contributed by atoms with Crippen LogP contribution in [0.5, 0.6) is 0 Å². The number of aromatic nitrogens is 3. The molecule has 0 fully saturated rings. The van der Waals surface area contributed by atoms with E-state index in [1.807, 2.05) is 23.7 Å². The molecule has 0 spiro atoms. The third kappa shape index (κ3) is 5.64. The zero-order chi connectivity index (χ0) is 22.4. The van der Waals surface area contributed by atoms with Gasteiger partial charge in [0.2, 0.25) is 5.91 Å². The van der Waals surface area contributed by atoms with Gasteiger partial charge >= 0.3 is 0 Å². The fourth-order valence-corrected chi connectivity index (χ4v) is 4.14. The van der Waals surface area contributed by atoms with Gasteiger partial charge in [0.15, 0.2) is 11.0 Å². The average Bonchev–Trinajstić information content (AvgIpc) is 3.15. The van der Waals surface area contributed by atoms with Crippen molar-refractivity contribution >= 4 is 23.4 Å². The second kappa shape index (κ2) is 10.4. The van der Waals surface area contributed by atoms with Crippen LogP contribution in [0.15, 0.2) is 53.7 Å². The Balaban J connectivity index is 1.61. The molecule has 164 valence electrons. The van der Waals surface area contributed by atoms with E-state index < -0.39 is 0 Å². The number of nitrogens with zero attached hydrogens (tertiary/aromatic N) is 5. The molecule has 0 N–H and O–H groups in total. The van der Waals surface area contributed by atoms with Crippen molar-refractivity contribution in [3.05, 3.63) is 59.9 Å². The number of rotatable bonds is 9.